The summed E-state index contributed by atoms with van der Waals surface area (Å²) in [6.45, 7) is 2.06. The molecule has 0 unspecified atom stereocenters. The van der Waals surface area contributed by atoms with Crippen LogP contribution < -0.4 is 5.32 Å². The molecule has 1 aromatic heterocycles. The first-order valence-corrected chi connectivity index (χ1v) is 5.51. The Hall–Kier alpha value is -2.10. The summed E-state index contributed by atoms with van der Waals surface area (Å²) in [6, 6.07) is 10.1. The van der Waals surface area contributed by atoms with Gasteiger partial charge in [0.05, 0.1) is 0 Å². The first-order valence-electron chi connectivity index (χ1n) is 5.51. The van der Waals surface area contributed by atoms with E-state index in [2.05, 4.69) is 46.7 Å². The monoisotopic (exact) mass is 229 g/mol. The molecule has 1 aromatic carbocycles. The van der Waals surface area contributed by atoms with Crippen molar-refractivity contribution in [3.05, 3.63) is 52.8 Å². The molecule has 0 aliphatic rings. The lowest BCUT2D eigenvalue weighted by atomic mass is 10.1. The molecule has 4 heteroatoms. The molecule has 2 rings (SSSR count). The maximum Gasteiger partial charge on any atom is 0.271 e. The molecule has 17 heavy (non-hydrogen) atoms. The van der Waals surface area contributed by atoms with Crippen molar-refractivity contribution in [1.82, 2.24) is 15.5 Å². The fourth-order valence-corrected chi connectivity index (χ4v) is 1.62. The molecular weight excluding hydrogens is 214 g/mol. The van der Waals surface area contributed by atoms with E-state index in [1.165, 1.54) is 11.1 Å². The fraction of sp³-hybridized carbons (Fsp3) is 0.231. The summed E-state index contributed by atoms with van der Waals surface area (Å²) in [4.78, 5) is 11.3. The molecule has 0 saturated heterocycles. The number of nitrogens with zero attached hydrogens (tertiary/aromatic N) is 1. The van der Waals surface area contributed by atoms with Gasteiger partial charge in [0.25, 0.3) is 5.91 Å². The third kappa shape index (κ3) is 2.72. The molecule has 2 N–H and O–H groups in total. The van der Waals surface area contributed by atoms with E-state index in [0.29, 0.717) is 5.69 Å². The number of rotatable bonds is 3. The molecule has 0 fully saturated rings. The van der Waals surface area contributed by atoms with Crippen molar-refractivity contribution < 1.29 is 4.79 Å². The molecule has 1 heterocycles. The predicted molar refractivity (Wildman–Crippen MR) is 66.0 cm³/mol. The Bertz CT molecular complexity index is 514. The number of H-pyrrole nitrogens is 1. The molecule has 0 radical (unpaired) electrons. The molecule has 2 aromatic rings. The number of carbonyl (C=O) groups is 1. The van der Waals surface area contributed by atoms with Crippen molar-refractivity contribution in [3.8, 4) is 0 Å². The van der Waals surface area contributed by atoms with Crippen LogP contribution in [0.25, 0.3) is 0 Å². The highest BCUT2D eigenvalue weighted by Crippen LogP contribution is 2.09. The van der Waals surface area contributed by atoms with Gasteiger partial charge in [-0.3, -0.25) is 9.89 Å². The average Bonchev–Trinajstić information content (AvgIpc) is 2.80. The molecule has 88 valence electrons. The van der Waals surface area contributed by atoms with E-state index in [9.17, 15) is 4.79 Å². The maximum atomic E-state index is 11.3. The van der Waals surface area contributed by atoms with Gasteiger partial charge in [0.1, 0.15) is 5.69 Å². The van der Waals surface area contributed by atoms with Crippen LogP contribution in [0.15, 0.2) is 30.3 Å². The second-order valence-electron chi connectivity index (χ2n) is 4.02. The summed E-state index contributed by atoms with van der Waals surface area (Å²) in [5.41, 5.74) is 3.80. The number of nitrogens with one attached hydrogen (secondary N) is 2. The van der Waals surface area contributed by atoms with Gasteiger partial charge in [-0.25, -0.2) is 0 Å². The van der Waals surface area contributed by atoms with Gasteiger partial charge >= 0.3 is 0 Å². The van der Waals surface area contributed by atoms with Gasteiger partial charge in [0, 0.05) is 19.2 Å². The second kappa shape index (κ2) is 4.82. The number of aryl methyl sites for hydroxylation is 1. The SMILES string of the molecule is CNC(=O)c1cc(Cc2ccc(C)cc2)[nH]n1. The number of aromatic amines is 1. The minimum absolute atomic E-state index is 0.170. The zero-order chi connectivity index (χ0) is 12.3. The topological polar surface area (TPSA) is 57.8 Å². The molecular formula is C13H15N3O. The second-order valence-corrected chi connectivity index (χ2v) is 4.02. The standard InChI is InChI=1S/C13H15N3O/c1-9-3-5-10(6-4-9)7-11-8-12(16-15-11)13(17)14-2/h3-6,8H,7H2,1-2H3,(H,14,17)(H,15,16). The number of benzene rings is 1. The van der Waals surface area contributed by atoms with E-state index in [1.807, 2.05) is 0 Å². The highest BCUT2D eigenvalue weighted by Gasteiger charge is 2.08. The summed E-state index contributed by atoms with van der Waals surface area (Å²) in [5, 5.41) is 9.38. The van der Waals surface area contributed by atoms with Gasteiger partial charge in [-0.15, -0.1) is 0 Å². The maximum absolute atomic E-state index is 11.3. The summed E-state index contributed by atoms with van der Waals surface area (Å²) in [7, 11) is 1.59. The molecule has 0 aliphatic carbocycles. The van der Waals surface area contributed by atoms with Gasteiger partial charge < -0.3 is 5.32 Å². The lowest BCUT2D eigenvalue weighted by molar-refractivity contribution is 0.0958. The lowest BCUT2D eigenvalue weighted by Crippen LogP contribution is -2.17. The van der Waals surface area contributed by atoms with Crippen LogP contribution >= 0.6 is 0 Å². The first kappa shape index (κ1) is 11.4. The van der Waals surface area contributed by atoms with Crippen LogP contribution in [0.1, 0.15) is 27.3 Å². The van der Waals surface area contributed by atoms with Crippen LogP contribution in [0.4, 0.5) is 0 Å². The van der Waals surface area contributed by atoms with Crippen molar-refractivity contribution in [2.75, 3.05) is 7.05 Å². The number of amides is 1. The van der Waals surface area contributed by atoms with E-state index >= 15 is 0 Å². The summed E-state index contributed by atoms with van der Waals surface area (Å²) in [6.07, 6.45) is 0.754. The number of aromatic nitrogens is 2. The molecule has 0 bridgehead atoms. The van der Waals surface area contributed by atoms with Crippen molar-refractivity contribution in [2.45, 2.75) is 13.3 Å². The molecule has 0 spiro atoms. The van der Waals surface area contributed by atoms with Gasteiger partial charge in [-0.2, -0.15) is 5.10 Å². The normalized spacial score (nSPS) is 10.2. The minimum Gasteiger partial charge on any atom is -0.354 e. The number of carbonyl (C=O) groups excluding carboxylic acids is 1. The van der Waals surface area contributed by atoms with Crippen LogP contribution in [-0.2, 0) is 6.42 Å². The van der Waals surface area contributed by atoms with Crippen LogP contribution in [0.3, 0.4) is 0 Å². The van der Waals surface area contributed by atoms with Crippen LogP contribution in [0, 0.1) is 6.92 Å². The van der Waals surface area contributed by atoms with Gasteiger partial charge in [0.2, 0.25) is 0 Å². The zero-order valence-electron chi connectivity index (χ0n) is 9.95. The van der Waals surface area contributed by atoms with Gasteiger partial charge in [0.15, 0.2) is 0 Å². The average molecular weight is 229 g/mol. The fourth-order valence-electron chi connectivity index (χ4n) is 1.62. The Morgan fingerprint density at radius 1 is 1.35 bits per heavy atom. The largest absolute Gasteiger partial charge is 0.354 e. The third-order valence-electron chi connectivity index (χ3n) is 2.61. The lowest BCUT2D eigenvalue weighted by Gasteiger charge is -1.98. The van der Waals surface area contributed by atoms with Crippen molar-refractivity contribution in [3.63, 3.8) is 0 Å². The predicted octanol–water partition coefficient (Wildman–Crippen LogP) is 1.67. The van der Waals surface area contributed by atoms with Crippen LogP contribution in [-0.4, -0.2) is 23.2 Å². The van der Waals surface area contributed by atoms with E-state index < -0.39 is 0 Å². The highest BCUT2D eigenvalue weighted by atomic mass is 16.1. The summed E-state index contributed by atoms with van der Waals surface area (Å²) in [5.74, 6) is -0.170. The number of hydrogen-bond acceptors (Lipinski definition) is 2. The van der Waals surface area contributed by atoms with Gasteiger partial charge in [-0.05, 0) is 18.6 Å². The quantitative estimate of drug-likeness (QED) is 0.841. The molecule has 0 aliphatic heterocycles. The Kier molecular flexibility index (Phi) is 3.23. The highest BCUT2D eigenvalue weighted by molar-refractivity contribution is 5.92. The first-order chi connectivity index (χ1) is 8.19. The molecule has 0 atom stereocenters. The van der Waals surface area contributed by atoms with E-state index in [-0.39, 0.29) is 5.91 Å². The van der Waals surface area contributed by atoms with Crippen LogP contribution in [0.2, 0.25) is 0 Å². The molecule has 4 nitrogen and oxygen atoms in total. The summed E-state index contributed by atoms with van der Waals surface area (Å²) >= 11 is 0. The zero-order valence-corrected chi connectivity index (χ0v) is 9.95. The third-order valence-corrected chi connectivity index (χ3v) is 2.61. The van der Waals surface area contributed by atoms with Gasteiger partial charge in [-0.1, -0.05) is 29.8 Å². The van der Waals surface area contributed by atoms with Crippen molar-refractivity contribution in [1.29, 1.82) is 0 Å². The summed E-state index contributed by atoms with van der Waals surface area (Å²) < 4.78 is 0. The Morgan fingerprint density at radius 3 is 2.71 bits per heavy atom. The van der Waals surface area contributed by atoms with E-state index in [4.69, 9.17) is 0 Å². The van der Waals surface area contributed by atoms with Crippen molar-refractivity contribution >= 4 is 5.91 Å². The molecule has 0 saturated carbocycles. The number of hydrogen-bond donors (Lipinski definition) is 2. The van der Waals surface area contributed by atoms with Crippen LogP contribution in [0.5, 0.6) is 0 Å². The smallest absolute Gasteiger partial charge is 0.271 e. The molecule has 1 amide bonds. The Morgan fingerprint density at radius 2 is 2.06 bits per heavy atom. The van der Waals surface area contributed by atoms with E-state index in [0.717, 1.165) is 12.1 Å². The van der Waals surface area contributed by atoms with Crippen molar-refractivity contribution in [2.24, 2.45) is 0 Å². The van der Waals surface area contributed by atoms with E-state index in [1.54, 1.807) is 13.1 Å². The Labute approximate surface area is 100 Å². The Balaban J connectivity index is 2.11. The minimum atomic E-state index is -0.170.